The number of hydrogen-bond donors (Lipinski definition) is 2. The third kappa shape index (κ3) is 1.36. The van der Waals surface area contributed by atoms with Crippen LogP contribution >= 0.6 is 0 Å². The predicted molar refractivity (Wildman–Crippen MR) is 37.4 cm³/mol. The minimum Gasteiger partial charge on any atom is -0.391 e. The summed E-state index contributed by atoms with van der Waals surface area (Å²) in [5.74, 6) is 0.150. The van der Waals surface area contributed by atoms with E-state index in [0.717, 1.165) is 0 Å². The maximum Gasteiger partial charge on any atom is 0.133 e. The number of hydrogen-bond acceptors (Lipinski definition) is 3. The third-order valence-electron chi connectivity index (χ3n) is 2.15. The van der Waals surface area contributed by atoms with Gasteiger partial charge in [0.25, 0.3) is 0 Å². The van der Waals surface area contributed by atoms with Crippen molar-refractivity contribution in [2.24, 2.45) is 11.7 Å². The highest BCUT2D eigenvalue weighted by Crippen LogP contribution is 2.24. The smallest absolute Gasteiger partial charge is 0.133 e. The fourth-order valence-electron chi connectivity index (χ4n) is 1.38. The monoisotopic (exact) mass is 143 g/mol. The van der Waals surface area contributed by atoms with Crippen LogP contribution in [0.15, 0.2) is 0 Å². The lowest BCUT2D eigenvalue weighted by molar-refractivity contribution is -0.120. The number of carbonyl (C=O) groups is 1. The van der Waals surface area contributed by atoms with Crippen molar-refractivity contribution in [2.45, 2.75) is 31.9 Å². The van der Waals surface area contributed by atoms with E-state index >= 15 is 0 Å². The van der Waals surface area contributed by atoms with Gasteiger partial charge in [-0.05, 0) is 19.8 Å². The van der Waals surface area contributed by atoms with Gasteiger partial charge >= 0.3 is 0 Å². The van der Waals surface area contributed by atoms with Crippen molar-refractivity contribution >= 4 is 5.78 Å². The number of ketones is 1. The normalized spacial score (nSPS) is 40.1. The van der Waals surface area contributed by atoms with Crippen LogP contribution in [0.25, 0.3) is 0 Å². The number of aliphatic hydroxyl groups is 1. The number of rotatable bonds is 1. The van der Waals surface area contributed by atoms with Crippen LogP contribution in [-0.4, -0.2) is 23.0 Å². The first-order valence-corrected chi connectivity index (χ1v) is 3.55. The molecule has 3 heteroatoms. The molecule has 3 unspecified atom stereocenters. The van der Waals surface area contributed by atoms with Crippen molar-refractivity contribution in [3.63, 3.8) is 0 Å². The molecule has 0 aliphatic heterocycles. The molecule has 1 aliphatic rings. The zero-order valence-corrected chi connectivity index (χ0v) is 6.08. The molecule has 3 atom stereocenters. The van der Waals surface area contributed by atoms with Crippen LogP contribution in [0, 0.1) is 5.92 Å². The lowest BCUT2D eigenvalue weighted by atomic mass is 10.0. The third-order valence-corrected chi connectivity index (χ3v) is 2.15. The summed E-state index contributed by atoms with van der Waals surface area (Å²) in [4.78, 5) is 10.8. The molecule has 1 rings (SSSR count). The second-order valence-corrected chi connectivity index (χ2v) is 3.01. The van der Waals surface area contributed by atoms with Crippen molar-refractivity contribution in [2.75, 3.05) is 0 Å². The van der Waals surface area contributed by atoms with Crippen LogP contribution < -0.4 is 5.73 Å². The van der Waals surface area contributed by atoms with Crippen molar-refractivity contribution in [3.05, 3.63) is 0 Å². The van der Waals surface area contributed by atoms with Gasteiger partial charge in [0.15, 0.2) is 0 Å². The Morgan fingerprint density at radius 2 is 2.20 bits per heavy atom. The van der Waals surface area contributed by atoms with Crippen LogP contribution in [0.3, 0.4) is 0 Å². The summed E-state index contributed by atoms with van der Waals surface area (Å²) in [6.07, 6.45) is 0.737. The van der Waals surface area contributed by atoms with Gasteiger partial charge in [-0.2, -0.15) is 0 Å². The summed E-state index contributed by atoms with van der Waals surface area (Å²) >= 11 is 0. The fourth-order valence-corrected chi connectivity index (χ4v) is 1.38. The molecule has 0 saturated heterocycles. The van der Waals surface area contributed by atoms with Crippen LogP contribution in [0.4, 0.5) is 0 Å². The van der Waals surface area contributed by atoms with Gasteiger partial charge in [0.2, 0.25) is 0 Å². The SMILES string of the molecule is CC(=O)C1CC(N)C(O)C1. The van der Waals surface area contributed by atoms with Crippen molar-refractivity contribution < 1.29 is 9.90 Å². The zero-order chi connectivity index (χ0) is 7.72. The summed E-state index contributed by atoms with van der Waals surface area (Å²) in [5.41, 5.74) is 5.50. The summed E-state index contributed by atoms with van der Waals surface area (Å²) in [6, 6.07) is -0.186. The van der Waals surface area contributed by atoms with Crippen LogP contribution in [-0.2, 0) is 4.79 Å². The highest BCUT2D eigenvalue weighted by atomic mass is 16.3. The Morgan fingerprint density at radius 1 is 1.60 bits per heavy atom. The maximum absolute atomic E-state index is 10.8. The molecular formula is C7H13NO2. The Balaban J connectivity index is 2.49. The lowest BCUT2D eigenvalue weighted by Gasteiger charge is -2.04. The average Bonchev–Trinajstić information content (AvgIpc) is 2.13. The number of Topliss-reactive ketones (excluding diaryl/α,β-unsaturated/α-hetero) is 1. The lowest BCUT2D eigenvalue weighted by Crippen LogP contribution is -2.28. The van der Waals surface area contributed by atoms with Crippen LogP contribution in [0.2, 0.25) is 0 Å². The Kier molecular flexibility index (Phi) is 2.06. The van der Waals surface area contributed by atoms with Crippen LogP contribution in [0.5, 0.6) is 0 Å². The second-order valence-electron chi connectivity index (χ2n) is 3.01. The topological polar surface area (TPSA) is 63.3 Å². The summed E-state index contributed by atoms with van der Waals surface area (Å²) in [6.45, 7) is 1.55. The van der Waals surface area contributed by atoms with E-state index in [0.29, 0.717) is 12.8 Å². The highest BCUT2D eigenvalue weighted by molar-refractivity contribution is 5.78. The summed E-state index contributed by atoms with van der Waals surface area (Å²) in [7, 11) is 0. The van der Waals surface area contributed by atoms with Gasteiger partial charge in [0, 0.05) is 12.0 Å². The van der Waals surface area contributed by atoms with Crippen molar-refractivity contribution in [1.82, 2.24) is 0 Å². The molecule has 1 saturated carbocycles. The molecule has 0 amide bonds. The van der Waals surface area contributed by atoms with E-state index in [-0.39, 0.29) is 17.7 Å². The Hall–Kier alpha value is -0.410. The Morgan fingerprint density at radius 3 is 2.40 bits per heavy atom. The van der Waals surface area contributed by atoms with E-state index in [9.17, 15) is 4.79 Å². The molecule has 1 aliphatic carbocycles. The molecule has 0 radical (unpaired) electrons. The van der Waals surface area contributed by atoms with E-state index in [1.165, 1.54) is 0 Å². The number of nitrogens with two attached hydrogens (primary N) is 1. The fraction of sp³-hybridized carbons (Fsp3) is 0.857. The van der Waals surface area contributed by atoms with E-state index < -0.39 is 6.10 Å². The molecular weight excluding hydrogens is 130 g/mol. The van der Waals surface area contributed by atoms with Gasteiger partial charge in [-0.15, -0.1) is 0 Å². The van der Waals surface area contributed by atoms with Gasteiger partial charge in [0.05, 0.1) is 6.10 Å². The Bertz CT molecular complexity index is 137. The molecule has 0 aromatic rings. The second kappa shape index (κ2) is 2.68. The molecule has 0 aromatic carbocycles. The first kappa shape index (κ1) is 7.69. The van der Waals surface area contributed by atoms with E-state index in [1.807, 2.05) is 0 Å². The minimum atomic E-state index is -0.464. The molecule has 0 spiro atoms. The molecule has 0 bridgehead atoms. The summed E-state index contributed by atoms with van der Waals surface area (Å²) in [5, 5.41) is 9.14. The number of aliphatic hydroxyl groups excluding tert-OH is 1. The van der Waals surface area contributed by atoms with Crippen molar-refractivity contribution in [1.29, 1.82) is 0 Å². The van der Waals surface area contributed by atoms with Gasteiger partial charge in [-0.1, -0.05) is 0 Å². The zero-order valence-electron chi connectivity index (χ0n) is 6.08. The van der Waals surface area contributed by atoms with Gasteiger partial charge in [0.1, 0.15) is 5.78 Å². The molecule has 0 aromatic heterocycles. The largest absolute Gasteiger partial charge is 0.391 e. The average molecular weight is 143 g/mol. The van der Waals surface area contributed by atoms with Gasteiger partial charge in [-0.3, -0.25) is 4.79 Å². The Labute approximate surface area is 60.2 Å². The standard InChI is InChI=1S/C7H13NO2/c1-4(9)5-2-6(8)7(10)3-5/h5-7,10H,2-3,8H2,1H3. The first-order chi connectivity index (χ1) is 4.61. The predicted octanol–water partition coefficient (Wildman–Crippen LogP) is -0.326. The van der Waals surface area contributed by atoms with Gasteiger partial charge in [-0.25, -0.2) is 0 Å². The van der Waals surface area contributed by atoms with E-state index in [4.69, 9.17) is 10.8 Å². The van der Waals surface area contributed by atoms with Gasteiger partial charge < -0.3 is 10.8 Å². The quantitative estimate of drug-likeness (QED) is 0.528. The molecule has 3 N–H and O–H groups in total. The first-order valence-electron chi connectivity index (χ1n) is 3.55. The summed E-state index contributed by atoms with van der Waals surface area (Å²) < 4.78 is 0. The number of carbonyl (C=O) groups excluding carboxylic acids is 1. The van der Waals surface area contributed by atoms with Crippen molar-refractivity contribution in [3.8, 4) is 0 Å². The van der Waals surface area contributed by atoms with E-state index in [1.54, 1.807) is 6.92 Å². The molecule has 58 valence electrons. The molecule has 0 heterocycles. The molecule has 10 heavy (non-hydrogen) atoms. The van der Waals surface area contributed by atoms with Crippen LogP contribution in [0.1, 0.15) is 19.8 Å². The molecule has 1 fully saturated rings. The maximum atomic E-state index is 10.8. The highest BCUT2D eigenvalue weighted by Gasteiger charge is 2.32. The van der Waals surface area contributed by atoms with E-state index in [2.05, 4.69) is 0 Å². The minimum absolute atomic E-state index is 0.00463. The molecule has 3 nitrogen and oxygen atoms in total.